The van der Waals surface area contributed by atoms with Crippen LogP contribution in [-0.2, 0) is 9.59 Å². The van der Waals surface area contributed by atoms with E-state index >= 15 is 0 Å². The molecule has 134 valence electrons. The lowest BCUT2D eigenvalue weighted by atomic mass is 9.86. The molecule has 2 rings (SSSR count). The summed E-state index contributed by atoms with van der Waals surface area (Å²) in [6.45, 7) is 7.75. The average Bonchev–Trinajstić information content (AvgIpc) is 3.30. The van der Waals surface area contributed by atoms with Crippen molar-refractivity contribution in [2.45, 2.75) is 52.6 Å². The highest BCUT2D eigenvalue weighted by atomic mass is 35.5. The van der Waals surface area contributed by atoms with Crippen molar-refractivity contribution in [3.05, 3.63) is 29.8 Å². The van der Waals surface area contributed by atoms with E-state index in [1.807, 2.05) is 52.0 Å². The molecule has 0 saturated heterocycles. The summed E-state index contributed by atoms with van der Waals surface area (Å²) in [5, 5.41) is 5.84. The Kier molecular flexibility index (Phi) is 6.81. The minimum absolute atomic E-state index is 0. The van der Waals surface area contributed by atoms with E-state index in [-0.39, 0.29) is 41.6 Å². The van der Waals surface area contributed by atoms with Crippen LogP contribution in [0.2, 0.25) is 0 Å². The van der Waals surface area contributed by atoms with E-state index in [0.29, 0.717) is 0 Å². The summed E-state index contributed by atoms with van der Waals surface area (Å²) in [6, 6.07) is 6.86. The fraction of sp³-hybridized carbons (Fsp3) is 0.556. The number of nitrogens with one attached hydrogen (secondary N) is 2. The number of amides is 2. The summed E-state index contributed by atoms with van der Waals surface area (Å²) in [4.78, 5) is 23.9. The Morgan fingerprint density at radius 1 is 1.17 bits per heavy atom. The quantitative estimate of drug-likeness (QED) is 0.760. The van der Waals surface area contributed by atoms with Crippen molar-refractivity contribution in [3.8, 4) is 0 Å². The van der Waals surface area contributed by atoms with E-state index < -0.39 is 6.04 Å². The fourth-order valence-corrected chi connectivity index (χ4v) is 2.22. The maximum absolute atomic E-state index is 12.2. The largest absolute Gasteiger partial charge is 0.348 e. The maximum Gasteiger partial charge on any atom is 0.237 e. The summed E-state index contributed by atoms with van der Waals surface area (Å²) in [6.07, 6.45) is 1.97. The van der Waals surface area contributed by atoms with Crippen LogP contribution in [0.1, 0.15) is 52.1 Å². The topological polar surface area (TPSA) is 84.2 Å². The number of carbonyl (C=O) groups is 2. The van der Waals surface area contributed by atoms with Gasteiger partial charge in [0.1, 0.15) is 0 Å². The molecule has 1 aromatic rings. The highest BCUT2D eigenvalue weighted by Gasteiger charge is 2.30. The molecule has 24 heavy (non-hydrogen) atoms. The third kappa shape index (κ3) is 5.49. The second-order valence-corrected chi connectivity index (χ2v) is 7.46. The molecular weight excluding hydrogens is 326 g/mol. The Bertz CT molecular complexity index is 577. The van der Waals surface area contributed by atoms with Gasteiger partial charge in [-0.05, 0) is 42.9 Å². The summed E-state index contributed by atoms with van der Waals surface area (Å²) in [5.41, 5.74) is 7.46. The number of anilines is 1. The third-order valence-electron chi connectivity index (χ3n) is 4.20. The van der Waals surface area contributed by atoms with Gasteiger partial charge in [0.25, 0.3) is 0 Å². The van der Waals surface area contributed by atoms with Gasteiger partial charge < -0.3 is 16.4 Å². The number of benzene rings is 1. The predicted octanol–water partition coefficient (Wildman–Crippen LogP) is 3.01. The number of nitrogens with two attached hydrogens (primary N) is 1. The molecule has 1 aromatic carbocycles. The smallest absolute Gasteiger partial charge is 0.237 e. The van der Waals surface area contributed by atoms with Gasteiger partial charge in [-0.25, -0.2) is 0 Å². The fourth-order valence-electron chi connectivity index (χ4n) is 2.22. The lowest BCUT2D eigenvalue weighted by Crippen LogP contribution is -2.49. The zero-order valence-electron chi connectivity index (χ0n) is 14.8. The van der Waals surface area contributed by atoms with Gasteiger partial charge in [-0.15, -0.1) is 12.4 Å². The molecule has 0 aliphatic heterocycles. The Morgan fingerprint density at radius 2 is 1.71 bits per heavy atom. The van der Waals surface area contributed by atoms with Crippen molar-refractivity contribution in [3.63, 3.8) is 0 Å². The van der Waals surface area contributed by atoms with Crippen molar-refractivity contribution in [2.75, 3.05) is 5.32 Å². The first-order chi connectivity index (χ1) is 10.7. The molecule has 0 heterocycles. The van der Waals surface area contributed by atoms with Crippen LogP contribution in [0.15, 0.2) is 24.3 Å². The van der Waals surface area contributed by atoms with Crippen molar-refractivity contribution in [1.82, 2.24) is 5.32 Å². The Morgan fingerprint density at radius 3 is 2.17 bits per heavy atom. The summed E-state index contributed by atoms with van der Waals surface area (Å²) in [7, 11) is 0. The molecule has 1 unspecified atom stereocenters. The molecule has 0 aromatic heterocycles. The van der Waals surface area contributed by atoms with E-state index in [1.54, 1.807) is 0 Å². The van der Waals surface area contributed by atoms with Gasteiger partial charge in [-0.3, -0.25) is 9.59 Å². The molecule has 1 saturated carbocycles. The first-order valence-corrected chi connectivity index (χ1v) is 8.15. The van der Waals surface area contributed by atoms with Crippen LogP contribution in [0.3, 0.4) is 0 Å². The van der Waals surface area contributed by atoms with Crippen LogP contribution in [0, 0.1) is 11.3 Å². The molecule has 0 radical (unpaired) electrons. The normalized spacial score (nSPS) is 16.5. The van der Waals surface area contributed by atoms with E-state index in [2.05, 4.69) is 10.6 Å². The third-order valence-corrected chi connectivity index (χ3v) is 4.20. The van der Waals surface area contributed by atoms with Crippen LogP contribution in [-0.4, -0.2) is 17.9 Å². The molecule has 2 amide bonds. The van der Waals surface area contributed by atoms with E-state index in [1.165, 1.54) is 0 Å². The second kappa shape index (κ2) is 7.99. The molecule has 4 N–H and O–H groups in total. The monoisotopic (exact) mass is 353 g/mol. The van der Waals surface area contributed by atoms with E-state index in [0.717, 1.165) is 24.1 Å². The Hall–Kier alpha value is -1.59. The number of hydrogen-bond donors (Lipinski definition) is 3. The summed E-state index contributed by atoms with van der Waals surface area (Å²) in [5.74, 6) is 0.123. The van der Waals surface area contributed by atoms with Crippen LogP contribution in [0.5, 0.6) is 0 Å². The summed E-state index contributed by atoms with van der Waals surface area (Å²) >= 11 is 0. The maximum atomic E-state index is 12.2. The lowest BCUT2D eigenvalue weighted by Gasteiger charge is -2.27. The number of halogens is 1. The number of hydrogen-bond acceptors (Lipinski definition) is 3. The van der Waals surface area contributed by atoms with Gasteiger partial charge in [0, 0.05) is 11.6 Å². The first-order valence-electron chi connectivity index (χ1n) is 8.15. The van der Waals surface area contributed by atoms with Crippen LogP contribution in [0.4, 0.5) is 5.69 Å². The van der Waals surface area contributed by atoms with Crippen molar-refractivity contribution < 1.29 is 9.59 Å². The zero-order valence-corrected chi connectivity index (χ0v) is 15.6. The molecule has 1 aliphatic rings. The minimum Gasteiger partial charge on any atom is -0.348 e. The van der Waals surface area contributed by atoms with Crippen LogP contribution < -0.4 is 16.4 Å². The first kappa shape index (κ1) is 20.5. The molecule has 6 heteroatoms. The highest BCUT2D eigenvalue weighted by Crippen LogP contribution is 2.30. The van der Waals surface area contributed by atoms with Crippen molar-refractivity contribution in [2.24, 2.45) is 17.1 Å². The van der Waals surface area contributed by atoms with Gasteiger partial charge in [0.2, 0.25) is 11.8 Å². The zero-order chi connectivity index (χ0) is 17.2. The van der Waals surface area contributed by atoms with Gasteiger partial charge in [0.15, 0.2) is 0 Å². The molecule has 1 aliphatic carbocycles. The van der Waals surface area contributed by atoms with Gasteiger partial charge in [-0.2, -0.15) is 0 Å². The van der Waals surface area contributed by atoms with Crippen molar-refractivity contribution in [1.29, 1.82) is 0 Å². The second-order valence-electron chi connectivity index (χ2n) is 7.46. The van der Waals surface area contributed by atoms with Crippen molar-refractivity contribution >= 4 is 29.9 Å². The molecule has 0 bridgehead atoms. The van der Waals surface area contributed by atoms with Crippen LogP contribution >= 0.6 is 12.4 Å². The molecular formula is C18H28ClN3O2. The minimum atomic E-state index is -0.554. The Labute approximate surface area is 150 Å². The molecule has 2 atom stereocenters. The molecule has 0 spiro atoms. The summed E-state index contributed by atoms with van der Waals surface area (Å²) < 4.78 is 0. The SMILES string of the molecule is CC(NC(=O)[C@@H](N)C(C)(C)C)c1ccc(NC(=O)C2CC2)cc1.Cl. The van der Waals surface area contributed by atoms with E-state index in [9.17, 15) is 9.59 Å². The molecule has 5 nitrogen and oxygen atoms in total. The van der Waals surface area contributed by atoms with E-state index in [4.69, 9.17) is 5.73 Å². The Balaban J connectivity index is 0.00000288. The number of rotatable bonds is 5. The lowest BCUT2D eigenvalue weighted by molar-refractivity contribution is -0.125. The van der Waals surface area contributed by atoms with Gasteiger partial charge >= 0.3 is 0 Å². The average molecular weight is 354 g/mol. The van der Waals surface area contributed by atoms with Gasteiger partial charge in [-0.1, -0.05) is 32.9 Å². The predicted molar refractivity (Wildman–Crippen MR) is 99.0 cm³/mol. The highest BCUT2D eigenvalue weighted by molar-refractivity contribution is 5.94. The molecule has 1 fully saturated rings. The van der Waals surface area contributed by atoms with Gasteiger partial charge in [0.05, 0.1) is 12.1 Å². The van der Waals surface area contributed by atoms with Crippen LogP contribution in [0.25, 0.3) is 0 Å². The standard InChI is InChI=1S/C18H27N3O2.ClH/c1-11(20-17(23)15(19)18(2,3)4)12-7-9-14(10-8-12)21-16(22)13-5-6-13;/h7-11,13,15H,5-6,19H2,1-4H3,(H,20,23)(H,21,22);1H/t11?,15-;/m1./s1. The number of carbonyl (C=O) groups excluding carboxylic acids is 2.